The highest BCUT2D eigenvalue weighted by Crippen LogP contribution is 2.13. The van der Waals surface area contributed by atoms with Crippen LogP contribution in [0.1, 0.15) is 94.9 Å². The Balaban J connectivity index is 5.71. The summed E-state index contributed by atoms with van der Waals surface area (Å²) in [6.07, 6.45) is 1.85. The van der Waals surface area contributed by atoms with Gasteiger partial charge in [-0.3, -0.25) is 38.4 Å². The van der Waals surface area contributed by atoms with Gasteiger partial charge in [0.2, 0.25) is 47.3 Å². The number of thioether (sulfide) groups is 1. The van der Waals surface area contributed by atoms with Gasteiger partial charge >= 0.3 is 5.97 Å². The lowest BCUT2D eigenvalue weighted by molar-refractivity contribution is -0.144. The van der Waals surface area contributed by atoms with E-state index in [2.05, 4.69) is 42.5 Å². The lowest BCUT2D eigenvalue weighted by Crippen LogP contribution is -2.61. The first-order valence-electron chi connectivity index (χ1n) is 20.4. The third kappa shape index (κ3) is 20.2. The van der Waals surface area contributed by atoms with Gasteiger partial charge in [0, 0.05) is 0 Å². The molecule has 344 valence electrons. The Kier molecular flexibility index (Phi) is 26.0. The number of aliphatic hydroxyl groups is 1. The van der Waals surface area contributed by atoms with Gasteiger partial charge in [0.1, 0.15) is 36.3 Å². The second kappa shape index (κ2) is 28.1. The van der Waals surface area contributed by atoms with Crippen molar-refractivity contribution in [2.24, 2.45) is 29.4 Å². The van der Waals surface area contributed by atoms with Gasteiger partial charge < -0.3 is 58.5 Å². The van der Waals surface area contributed by atoms with Crippen molar-refractivity contribution in [3.05, 3.63) is 0 Å². The normalized spacial score (nSPS) is 16.2. The van der Waals surface area contributed by atoms with Crippen LogP contribution in [0.4, 0.5) is 0 Å². The lowest BCUT2D eigenvalue weighted by Gasteiger charge is -2.29. The minimum absolute atomic E-state index is 0.0991. The number of carboxylic acids is 1. The zero-order chi connectivity index (χ0) is 46.4. The van der Waals surface area contributed by atoms with Crippen molar-refractivity contribution in [3.63, 3.8) is 0 Å². The van der Waals surface area contributed by atoms with Gasteiger partial charge in [-0.25, -0.2) is 4.79 Å². The number of carboxylic acid groups (broad SMARTS) is 1. The third-order valence-corrected chi connectivity index (χ3v) is 10.5. The Labute approximate surface area is 358 Å². The Bertz CT molecular complexity index is 1470. The molecule has 0 heterocycles. The summed E-state index contributed by atoms with van der Waals surface area (Å²) in [5.41, 5.74) is 5.85. The van der Waals surface area contributed by atoms with Crippen LogP contribution >= 0.6 is 11.8 Å². The van der Waals surface area contributed by atoms with Crippen LogP contribution in [0.25, 0.3) is 0 Å². The van der Waals surface area contributed by atoms with Crippen molar-refractivity contribution in [3.8, 4) is 0 Å². The molecular weight excluding hydrogens is 803 g/mol. The van der Waals surface area contributed by atoms with Crippen LogP contribution in [0, 0.1) is 23.7 Å². The van der Waals surface area contributed by atoms with Crippen molar-refractivity contribution in [2.45, 2.75) is 143 Å². The van der Waals surface area contributed by atoms with Crippen LogP contribution < -0.4 is 48.3 Å². The highest BCUT2D eigenvalue weighted by atomic mass is 32.2. The summed E-state index contributed by atoms with van der Waals surface area (Å²) in [4.78, 5) is 116. The van der Waals surface area contributed by atoms with Gasteiger partial charge in [0.05, 0.1) is 25.2 Å². The molecule has 0 saturated heterocycles. The second-order valence-corrected chi connectivity index (χ2v) is 16.9. The summed E-state index contributed by atoms with van der Waals surface area (Å²) < 4.78 is 0. The Morgan fingerprint density at radius 1 is 0.583 bits per heavy atom. The van der Waals surface area contributed by atoms with Crippen LogP contribution in [0.15, 0.2) is 0 Å². The Morgan fingerprint density at radius 3 is 1.48 bits per heavy atom. The molecule has 0 aromatic rings. The largest absolute Gasteiger partial charge is 0.480 e. The van der Waals surface area contributed by atoms with Crippen LogP contribution in [-0.4, -0.2) is 137 Å². The van der Waals surface area contributed by atoms with Gasteiger partial charge in [0.15, 0.2) is 0 Å². The summed E-state index contributed by atoms with van der Waals surface area (Å²) in [7, 11) is 0. The molecular formula is C39H71N9O11S. The molecule has 8 amide bonds. The molecule has 60 heavy (non-hydrogen) atoms. The van der Waals surface area contributed by atoms with Crippen molar-refractivity contribution in [2.75, 3.05) is 25.1 Å². The average Bonchev–Trinajstić information content (AvgIpc) is 3.18. The number of hydrogen-bond donors (Lipinski definition) is 11. The molecule has 21 heteroatoms. The third-order valence-electron chi connectivity index (χ3n) is 9.83. The van der Waals surface area contributed by atoms with E-state index in [1.165, 1.54) is 25.6 Å². The highest BCUT2D eigenvalue weighted by Gasteiger charge is 2.35. The number of aliphatic carboxylic acids is 1. The highest BCUT2D eigenvalue weighted by molar-refractivity contribution is 7.98. The van der Waals surface area contributed by atoms with Crippen LogP contribution in [0.3, 0.4) is 0 Å². The summed E-state index contributed by atoms with van der Waals surface area (Å²) in [6, 6.07) is -8.12. The maximum atomic E-state index is 13.7. The maximum absolute atomic E-state index is 13.7. The fourth-order valence-corrected chi connectivity index (χ4v) is 6.08. The first-order valence-corrected chi connectivity index (χ1v) is 21.8. The molecule has 0 aliphatic heterocycles. The fraction of sp³-hybridized carbons (Fsp3) is 0.769. The summed E-state index contributed by atoms with van der Waals surface area (Å²) in [5, 5.41) is 39.8. The van der Waals surface area contributed by atoms with Gasteiger partial charge in [-0.05, 0) is 62.4 Å². The Morgan fingerprint density at radius 2 is 1.05 bits per heavy atom. The van der Waals surface area contributed by atoms with E-state index in [-0.39, 0.29) is 12.3 Å². The molecule has 0 unspecified atom stereocenters. The van der Waals surface area contributed by atoms with Gasteiger partial charge in [0.25, 0.3) is 0 Å². The van der Waals surface area contributed by atoms with Crippen LogP contribution in [0.5, 0.6) is 0 Å². The number of aliphatic hydroxyl groups excluding tert-OH is 1. The second-order valence-electron chi connectivity index (χ2n) is 15.9. The molecule has 0 aromatic heterocycles. The van der Waals surface area contributed by atoms with E-state index >= 15 is 0 Å². The molecule has 0 aliphatic rings. The maximum Gasteiger partial charge on any atom is 0.326 e. The van der Waals surface area contributed by atoms with Crippen LogP contribution in [-0.2, 0) is 43.2 Å². The van der Waals surface area contributed by atoms with E-state index in [1.54, 1.807) is 55.4 Å². The standard InChI is InChI=1S/C39H71N9O11S/c1-12-21(7)30(45-27(50)17-41-33(52)23(9)43-34(53)25(40)14-15-60-11)36(55)42-18-28(51)46-31(22(8)13-2)37(56)44-26(16-19(3)4)35(54)48-32(24(10)49)38(57)47-29(20(5)6)39(58)59/h19-26,29-32,49H,12-18,40H2,1-11H3,(H,41,52)(H,42,55)(H,43,53)(H,44,56)(H,45,50)(H,46,51)(H,47,57)(H,48,54)(H,58,59)/t21-,22-,23-,24+,25-,26-,29-,30-,31-,32-/m0/s1. The smallest absolute Gasteiger partial charge is 0.326 e. The van der Waals surface area contributed by atoms with Crippen LogP contribution in [0.2, 0.25) is 0 Å². The zero-order valence-corrected chi connectivity index (χ0v) is 37.7. The minimum Gasteiger partial charge on any atom is -0.480 e. The average molecular weight is 874 g/mol. The number of amides is 8. The quantitative estimate of drug-likeness (QED) is 0.0427. The first-order chi connectivity index (χ1) is 27.9. The van der Waals surface area contributed by atoms with Gasteiger partial charge in [-0.2, -0.15) is 11.8 Å². The number of nitrogens with one attached hydrogen (secondary N) is 8. The van der Waals surface area contributed by atoms with E-state index in [0.29, 0.717) is 25.0 Å². The molecule has 20 nitrogen and oxygen atoms in total. The van der Waals surface area contributed by atoms with E-state index in [9.17, 15) is 53.4 Å². The Hall–Kier alpha value is -4.50. The van der Waals surface area contributed by atoms with Crippen molar-refractivity contribution in [1.82, 2.24) is 42.5 Å². The monoisotopic (exact) mass is 873 g/mol. The predicted molar refractivity (Wildman–Crippen MR) is 227 cm³/mol. The van der Waals surface area contributed by atoms with Gasteiger partial charge in [-0.1, -0.05) is 68.2 Å². The van der Waals surface area contributed by atoms with Crippen molar-refractivity contribution >= 4 is 65.0 Å². The molecule has 0 bridgehead atoms. The molecule has 0 saturated carbocycles. The predicted octanol–water partition coefficient (Wildman–Crippen LogP) is -1.51. The number of carbonyl (C=O) groups excluding carboxylic acids is 8. The summed E-state index contributed by atoms with van der Waals surface area (Å²) in [6.45, 7) is 15.3. The topological polar surface area (TPSA) is 316 Å². The van der Waals surface area contributed by atoms with E-state index in [1.807, 2.05) is 6.26 Å². The number of carbonyl (C=O) groups is 9. The molecule has 0 aliphatic carbocycles. The van der Waals surface area contributed by atoms with Crippen molar-refractivity contribution in [1.29, 1.82) is 0 Å². The lowest BCUT2D eigenvalue weighted by atomic mass is 9.96. The van der Waals surface area contributed by atoms with E-state index in [0.717, 1.165) is 0 Å². The van der Waals surface area contributed by atoms with E-state index in [4.69, 9.17) is 5.73 Å². The van der Waals surface area contributed by atoms with E-state index < -0.39 is 132 Å². The summed E-state index contributed by atoms with van der Waals surface area (Å²) in [5.74, 6) is -7.90. The molecule has 0 radical (unpaired) electrons. The molecule has 0 spiro atoms. The first kappa shape index (κ1) is 55.5. The fourth-order valence-electron chi connectivity index (χ4n) is 5.59. The molecule has 0 fully saturated rings. The molecule has 0 rings (SSSR count). The number of hydrogen-bond acceptors (Lipinski definition) is 12. The number of nitrogens with two attached hydrogens (primary N) is 1. The number of rotatable bonds is 28. The van der Waals surface area contributed by atoms with Crippen molar-refractivity contribution < 1.29 is 53.4 Å². The zero-order valence-electron chi connectivity index (χ0n) is 36.9. The molecule has 0 aromatic carbocycles. The minimum atomic E-state index is -1.55. The SMILES string of the molecule is CC[C@H](C)[C@H](NC(=O)CNC(=O)[C@H](C)NC(=O)[C@@H](N)CCSC)C(=O)NCC(=O)N[C@H](C(=O)N[C@@H](CC(C)C)C(=O)N[C@H](C(=O)N[C@H](C(=O)O)C(C)C)[C@@H](C)O)[C@@H](C)CC. The molecule has 12 N–H and O–H groups in total. The van der Waals surface area contributed by atoms with Gasteiger partial charge in [-0.15, -0.1) is 0 Å². The molecule has 10 atom stereocenters. The summed E-state index contributed by atoms with van der Waals surface area (Å²) >= 11 is 1.53.